The number of carbonyl (C=O) groups is 1. The third kappa shape index (κ3) is 2.86. The first kappa shape index (κ1) is 13.6. The fourth-order valence-electron chi connectivity index (χ4n) is 3.15. The molecule has 2 aliphatic rings. The zero-order valence-corrected chi connectivity index (χ0v) is 12.1. The van der Waals surface area contributed by atoms with Crippen LogP contribution in [0.2, 0.25) is 0 Å². The van der Waals surface area contributed by atoms with Crippen molar-refractivity contribution in [1.29, 1.82) is 0 Å². The molecule has 1 aromatic rings. The number of hydrogen-bond donors (Lipinski definition) is 1. The van der Waals surface area contributed by atoms with Gasteiger partial charge in [0.2, 0.25) is 5.91 Å². The van der Waals surface area contributed by atoms with Crippen LogP contribution in [-0.4, -0.2) is 64.3 Å². The molecule has 2 fully saturated rings. The van der Waals surface area contributed by atoms with Gasteiger partial charge < -0.3 is 10.2 Å². The fourth-order valence-corrected chi connectivity index (χ4v) is 3.15. The van der Waals surface area contributed by atoms with Gasteiger partial charge in [0.05, 0.1) is 11.7 Å². The lowest BCUT2D eigenvalue weighted by atomic mass is 10.1. The molecule has 0 saturated carbocycles. The maximum atomic E-state index is 12.6. The molecular formula is C14H23N5O. The number of carbonyl (C=O) groups excluding carboxylic acids is 1. The summed E-state index contributed by atoms with van der Waals surface area (Å²) in [5.41, 5.74) is 1.05. The Morgan fingerprint density at radius 2 is 2.20 bits per heavy atom. The molecule has 20 heavy (non-hydrogen) atoms. The van der Waals surface area contributed by atoms with E-state index in [1.165, 1.54) is 0 Å². The van der Waals surface area contributed by atoms with Gasteiger partial charge in [0.1, 0.15) is 0 Å². The average molecular weight is 277 g/mol. The number of amides is 1. The molecule has 2 aliphatic heterocycles. The third-order valence-electron chi connectivity index (χ3n) is 4.21. The zero-order valence-electron chi connectivity index (χ0n) is 12.1. The largest absolute Gasteiger partial charge is 0.339 e. The van der Waals surface area contributed by atoms with Crippen molar-refractivity contribution in [3.05, 3.63) is 18.0 Å². The van der Waals surface area contributed by atoms with Gasteiger partial charge in [0.25, 0.3) is 0 Å². The first-order chi connectivity index (χ1) is 9.74. The molecule has 6 nitrogen and oxygen atoms in total. The van der Waals surface area contributed by atoms with Crippen LogP contribution in [0.4, 0.5) is 0 Å². The van der Waals surface area contributed by atoms with E-state index in [9.17, 15) is 4.79 Å². The minimum absolute atomic E-state index is 0.0510. The number of hydrogen-bond acceptors (Lipinski definition) is 4. The summed E-state index contributed by atoms with van der Waals surface area (Å²) in [5.74, 6) is 0.305. The highest BCUT2D eigenvalue weighted by molar-refractivity contribution is 5.82. The van der Waals surface area contributed by atoms with Gasteiger partial charge in [-0.25, -0.2) is 0 Å². The molecule has 1 atom stereocenters. The lowest BCUT2D eigenvalue weighted by molar-refractivity contribution is -0.136. The Morgan fingerprint density at radius 1 is 1.40 bits per heavy atom. The van der Waals surface area contributed by atoms with Crippen molar-refractivity contribution in [2.75, 3.05) is 32.7 Å². The average Bonchev–Trinajstić information content (AvgIpc) is 3.09. The van der Waals surface area contributed by atoms with E-state index in [1.54, 1.807) is 0 Å². The molecule has 2 saturated heterocycles. The number of piperazine rings is 1. The van der Waals surface area contributed by atoms with Crippen LogP contribution in [-0.2, 0) is 18.4 Å². The molecule has 110 valence electrons. The number of nitrogens with one attached hydrogen (secondary N) is 1. The minimum Gasteiger partial charge on any atom is -0.339 e. The quantitative estimate of drug-likeness (QED) is 0.832. The summed E-state index contributed by atoms with van der Waals surface area (Å²) in [5, 5.41) is 7.71. The van der Waals surface area contributed by atoms with Crippen LogP contribution in [0, 0.1) is 0 Å². The van der Waals surface area contributed by atoms with E-state index in [-0.39, 0.29) is 6.04 Å². The van der Waals surface area contributed by atoms with Gasteiger partial charge in [-0.05, 0) is 25.5 Å². The molecule has 0 aliphatic carbocycles. The van der Waals surface area contributed by atoms with E-state index in [0.717, 1.165) is 57.8 Å². The Kier molecular flexibility index (Phi) is 4.03. The monoisotopic (exact) mass is 277 g/mol. The van der Waals surface area contributed by atoms with Gasteiger partial charge in [0.15, 0.2) is 0 Å². The highest BCUT2D eigenvalue weighted by atomic mass is 16.2. The Hall–Kier alpha value is -1.40. The summed E-state index contributed by atoms with van der Waals surface area (Å²) >= 11 is 0. The predicted octanol–water partition coefficient (Wildman–Crippen LogP) is -0.184. The van der Waals surface area contributed by atoms with Gasteiger partial charge in [-0.3, -0.25) is 14.4 Å². The van der Waals surface area contributed by atoms with Crippen LogP contribution >= 0.6 is 0 Å². The van der Waals surface area contributed by atoms with Crippen LogP contribution in [0.15, 0.2) is 12.3 Å². The Balaban J connectivity index is 1.63. The highest BCUT2D eigenvalue weighted by Crippen LogP contribution is 2.21. The van der Waals surface area contributed by atoms with Crippen LogP contribution in [0.1, 0.15) is 18.5 Å². The maximum absolute atomic E-state index is 12.6. The van der Waals surface area contributed by atoms with Gasteiger partial charge in [-0.2, -0.15) is 5.10 Å². The van der Waals surface area contributed by atoms with Crippen molar-refractivity contribution in [2.24, 2.45) is 7.05 Å². The van der Waals surface area contributed by atoms with E-state index in [0.29, 0.717) is 5.91 Å². The fraction of sp³-hybridized carbons (Fsp3) is 0.714. The first-order valence-corrected chi connectivity index (χ1v) is 7.46. The van der Waals surface area contributed by atoms with Crippen molar-refractivity contribution in [2.45, 2.75) is 25.4 Å². The maximum Gasteiger partial charge on any atom is 0.240 e. The summed E-state index contributed by atoms with van der Waals surface area (Å²) in [6, 6.07) is 2.08. The standard InChI is InChI=1S/C14H23N5O/c1-17-8-4-12(16-17)11-19-7-2-3-13(19)14(20)18-9-5-15-6-10-18/h4,8,13,15H,2-3,5-7,9-11H2,1H3. The molecule has 1 N–H and O–H groups in total. The minimum atomic E-state index is 0.0510. The number of rotatable bonds is 3. The van der Waals surface area contributed by atoms with Crippen molar-refractivity contribution < 1.29 is 4.79 Å². The molecule has 0 radical (unpaired) electrons. The van der Waals surface area contributed by atoms with E-state index in [1.807, 2.05) is 28.9 Å². The SMILES string of the molecule is Cn1ccc(CN2CCCC2C(=O)N2CCNCC2)n1. The molecule has 1 aromatic heterocycles. The van der Waals surface area contributed by atoms with Crippen molar-refractivity contribution >= 4 is 5.91 Å². The van der Waals surface area contributed by atoms with Gasteiger partial charge in [-0.15, -0.1) is 0 Å². The topological polar surface area (TPSA) is 53.4 Å². The highest BCUT2D eigenvalue weighted by Gasteiger charge is 2.34. The molecule has 0 spiro atoms. The van der Waals surface area contributed by atoms with Crippen molar-refractivity contribution in [3.63, 3.8) is 0 Å². The number of aryl methyl sites for hydroxylation is 1. The van der Waals surface area contributed by atoms with E-state index in [4.69, 9.17) is 0 Å². The normalized spacial score (nSPS) is 24.2. The molecule has 0 bridgehead atoms. The third-order valence-corrected chi connectivity index (χ3v) is 4.21. The van der Waals surface area contributed by atoms with Crippen LogP contribution in [0.3, 0.4) is 0 Å². The zero-order chi connectivity index (χ0) is 13.9. The first-order valence-electron chi connectivity index (χ1n) is 7.46. The van der Waals surface area contributed by atoms with Crippen LogP contribution in [0.5, 0.6) is 0 Å². The van der Waals surface area contributed by atoms with E-state index < -0.39 is 0 Å². The molecule has 0 aromatic carbocycles. The van der Waals surface area contributed by atoms with E-state index in [2.05, 4.69) is 15.3 Å². The second-order valence-corrected chi connectivity index (χ2v) is 5.68. The number of likely N-dealkylation sites (tertiary alicyclic amines) is 1. The summed E-state index contributed by atoms with van der Waals surface area (Å²) in [6.07, 6.45) is 4.05. The second-order valence-electron chi connectivity index (χ2n) is 5.68. The lowest BCUT2D eigenvalue weighted by Crippen LogP contribution is -2.52. The lowest BCUT2D eigenvalue weighted by Gasteiger charge is -2.32. The van der Waals surface area contributed by atoms with Gasteiger partial charge in [0, 0.05) is 46.0 Å². The molecule has 1 amide bonds. The molecule has 1 unspecified atom stereocenters. The number of aromatic nitrogens is 2. The summed E-state index contributed by atoms with van der Waals surface area (Å²) in [6.45, 7) is 5.29. The van der Waals surface area contributed by atoms with Crippen LogP contribution < -0.4 is 5.32 Å². The summed E-state index contributed by atoms with van der Waals surface area (Å²) < 4.78 is 1.82. The molecule has 6 heteroatoms. The predicted molar refractivity (Wildman–Crippen MR) is 76.1 cm³/mol. The smallest absolute Gasteiger partial charge is 0.240 e. The second kappa shape index (κ2) is 5.93. The molecule has 3 rings (SSSR count). The number of nitrogens with zero attached hydrogens (tertiary/aromatic N) is 4. The summed E-state index contributed by atoms with van der Waals surface area (Å²) in [7, 11) is 1.93. The van der Waals surface area contributed by atoms with Crippen LogP contribution in [0.25, 0.3) is 0 Å². The summed E-state index contributed by atoms with van der Waals surface area (Å²) in [4.78, 5) is 16.9. The van der Waals surface area contributed by atoms with Gasteiger partial charge in [-0.1, -0.05) is 0 Å². The van der Waals surface area contributed by atoms with Crippen molar-refractivity contribution in [3.8, 4) is 0 Å². The van der Waals surface area contributed by atoms with Crippen molar-refractivity contribution in [1.82, 2.24) is 24.9 Å². The van der Waals surface area contributed by atoms with Gasteiger partial charge >= 0.3 is 0 Å². The Labute approximate surface area is 119 Å². The molecule has 3 heterocycles. The van der Waals surface area contributed by atoms with E-state index >= 15 is 0 Å². The Morgan fingerprint density at radius 3 is 2.90 bits per heavy atom. The molecular weight excluding hydrogens is 254 g/mol. The Bertz CT molecular complexity index is 466.